The third kappa shape index (κ3) is 4.48. The molecule has 18 heteroatoms. The van der Waals surface area contributed by atoms with Crippen LogP contribution in [0.5, 0.6) is 0 Å². The van der Waals surface area contributed by atoms with Gasteiger partial charge in [-0.3, -0.25) is 0 Å². The van der Waals surface area contributed by atoms with Gasteiger partial charge in [0.05, 0.1) is 0 Å². The zero-order chi connectivity index (χ0) is 25.5. The first-order chi connectivity index (χ1) is 13.4. The minimum atomic E-state index is -8.06. The van der Waals surface area contributed by atoms with Crippen LogP contribution in [0.2, 0.25) is 6.04 Å². The van der Waals surface area contributed by atoms with E-state index >= 15 is 0 Å². The van der Waals surface area contributed by atoms with E-state index in [0.717, 1.165) is 21.3 Å². The predicted molar refractivity (Wildman–Crippen MR) is 76.5 cm³/mol. The molecule has 0 aromatic heterocycles. The lowest BCUT2D eigenvalue weighted by Gasteiger charge is -2.42. The van der Waals surface area contributed by atoms with Crippen molar-refractivity contribution in [3.05, 3.63) is 0 Å². The average molecular weight is 514 g/mol. The monoisotopic (exact) mass is 514 g/mol. The molecule has 0 aromatic carbocycles. The zero-order valence-electron chi connectivity index (χ0n) is 15.9. The van der Waals surface area contributed by atoms with Crippen LogP contribution in [0.3, 0.4) is 0 Å². The summed E-state index contributed by atoms with van der Waals surface area (Å²) in [5.41, 5.74) is 0. The lowest BCUT2D eigenvalue weighted by atomic mass is 9.89. The van der Waals surface area contributed by atoms with Crippen LogP contribution < -0.4 is 0 Å². The molecule has 0 unspecified atom stereocenters. The van der Waals surface area contributed by atoms with E-state index in [-0.39, 0.29) is 0 Å². The maximum Gasteiger partial charge on any atom is 0.500 e. The zero-order valence-corrected chi connectivity index (χ0v) is 16.9. The molecular weight excluding hydrogens is 498 g/mol. The van der Waals surface area contributed by atoms with Gasteiger partial charge in [0.1, 0.15) is 0 Å². The fourth-order valence-electron chi connectivity index (χ4n) is 2.12. The van der Waals surface area contributed by atoms with Gasteiger partial charge in [-0.15, -0.1) is 0 Å². The second kappa shape index (κ2) is 8.47. The van der Waals surface area contributed by atoms with Gasteiger partial charge in [-0.05, 0) is 0 Å². The Morgan fingerprint density at radius 2 is 0.806 bits per heavy atom. The highest BCUT2D eigenvalue weighted by molar-refractivity contribution is 6.60. The van der Waals surface area contributed by atoms with Crippen molar-refractivity contribution in [1.29, 1.82) is 0 Å². The van der Waals surface area contributed by atoms with Gasteiger partial charge in [0.15, 0.2) is 0 Å². The summed E-state index contributed by atoms with van der Waals surface area (Å²) in [6.45, 7) is -1.09. The standard InChI is InChI=1S/C13H16F14O3Si/c1-7(14,15)9(18,19)11(22,23)13(26,27)12(24,25)10(20,21)8(16,17)5-6-31(28-2,29-3)30-4/h5-6H2,1-4H3. The van der Waals surface area contributed by atoms with E-state index in [1.807, 2.05) is 0 Å². The van der Waals surface area contributed by atoms with Crippen molar-refractivity contribution in [2.45, 2.75) is 60.8 Å². The van der Waals surface area contributed by atoms with Gasteiger partial charge in [0, 0.05) is 40.7 Å². The number of hydrogen-bond acceptors (Lipinski definition) is 3. The second-order valence-corrected chi connectivity index (χ2v) is 9.35. The largest absolute Gasteiger partial charge is 0.500 e. The van der Waals surface area contributed by atoms with Gasteiger partial charge in [0.25, 0.3) is 0 Å². The highest BCUT2D eigenvalue weighted by atomic mass is 28.4. The van der Waals surface area contributed by atoms with Crippen molar-refractivity contribution < 1.29 is 74.7 Å². The smallest absolute Gasteiger partial charge is 0.377 e. The summed E-state index contributed by atoms with van der Waals surface area (Å²) in [5.74, 6) is -51.0. The minimum absolute atomic E-state index is 0.756. The van der Waals surface area contributed by atoms with Crippen LogP contribution in [0.4, 0.5) is 61.5 Å². The summed E-state index contributed by atoms with van der Waals surface area (Å²) in [5, 5.41) is 0. The Hall–Kier alpha value is -0.883. The van der Waals surface area contributed by atoms with Gasteiger partial charge in [-0.25, -0.2) is 0 Å². The molecule has 0 spiro atoms. The number of hydrogen-bond donors (Lipinski definition) is 0. The van der Waals surface area contributed by atoms with Gasteiger partial charge in [-0.1, -0.05) is 0 Å². The number of alkyl halides is 14. The van der Waals surface area contributed by atoms with Crippen LogP contribution in [-0.4, -0.2) is 71.6 Å². The molecule has 0 N–H and O–H groups in total. The molecule has 0 aliphatic carbocycles. The summed E-state index contributed by atoms with van der Waals surface area (Å²) < 4.78 is 201. The molecule has 0 atom stereocenters. The summed E-state index contributed by atoms with van der Waals surface area (Å²) >= 11 is 0. The van der Waals surface area contributed by atoms with Crippen LogP contribution in [0.15, 0.2) is 0 Å². The molecule has 188 valence electrons. The van der Waals surface area contributed by atoms with Gasteiger partial charge >= 0.3 is 50.3 Å². The third-order valence-electron chi connectivity index (χ3n) is 4.27. The van der Waals surface area contributed by atoms with Crippen LogP contribution in [0.25, 0.3) is 0 Å². The Morgan fingerprint density at radius 3 is 1.10 bits per heavy atom. The van der Waals surface area contributed by atoms with Gasteiger partial charge in [0.2, 0.25) is 0 Å². The molecule has 0 heterocycles. The van der Waals surface area contributed by atoms with E-state index < -0.39 is 69.7 Å². The van der Waals surface area contributed by atoms with Crippen LogP contribution in [-0.2, 0) is 13.3 Å². The molecule has 0 amide bonds. The predicted octanol–water partition coefficient (Wildman–Crippen LogP) is 5.72. The quantitative estimate of drug-likeness (QED) is 0.246. The third-order valence-corrected chi connectivity index (χ3v) is 6.99. The van der Waals surface area contributed by atoms with E-state index in [1.54, 1.807) is 0 Å². The van der Waals surface area contributed by atoms with Crippen LogP contribution in [0.1, 0.15) is 13.3 Å². The van der Waals surface area contributed by atoms with Gasteiger partial charge in [-0.2, -0.15) is 61.5 Å². The molecule has 0 radical (unpaired) electrons. The molecule has 0 aromatic rings. The Kier molecular flexibility index (Phi) is 8.23. The van der Waals surface area contributed by atoms with Crippen molar-refractivity contribution in [1.82, 2.24) is 0 Å². The molecule has 3 nitrogen and oxygen atoms in total. The molecule has 0 rings (SSSR count). The number of halogens is 14. The van der Waals surface area contributed by atoms with Gasteiger partial charge < -0.3 is 13.3 Å². The molecule has 31 heavy (non-hydrogen) atoms. The van der Waals surface area contributed by atoms with Crippen LogP contribution >= 0.6 is 0 Å². The highest BCUT2D eigenvalue weighted by Gasteiger charge is 2.92. The fraction of sp³-hybridized carbons (Fsp3) is 1.00. The molecule has 0 fully saturated rings. The fourth-order valence-corrected chi connectivity index (χ4v) is 3.85. The maximum absolute atomic E-state index is 13.8. The van der Waals surface area contributed by atoms with E-state index in [2.05, 4.69) is 13.3 Å². The SMILES string of the molecule is CO[Si](CCC(F)(F)C(F)(F)C(F)(F)C(F)(F)C(F)(F)C(F)(F)C(C)(F)F)(OC)OC. The first kappa shape index (κ1) is 30.1. The topological polar surface area (TPSA) is 27.7 Å². The molecule has 0 saturated heterocycles. The Balaban J connectivity index is 6.32. The lowest BCUT2D eigenvalue weighted by Crippen LogP contribution is -2.72. The first-order valence-corrected chi connectivity index (χ1v) is 9.62. The molecule has 0 saturated carbocycles. The second-order valence-electron chi connectivity index (χ2n) is 6.26. The van der Waals surface area contributed by atoms with Crippen molar-refractivity contribution in [3.8, 4) is 0 Å². The molecule has 0 bridgehead atoms. The van der Waals surface area contributed by atoms with E-state index in [0.29, 0.717) is 0 Å². The van der Waals surface area contributed by atoms with Crippen LogP contribution in [0, 0.1) is 0 Å². The lowest BCUT2D eigenvalue weighted by molar-refractivity contribution is -0.440. The summed E-state index contributed by atoms with van der Waals surface area (Å²) in [6.07, 6.45) is -2.49. The highest BCUT2D eigenvalue weighted by Crippen LogP contribution is 2.62. The summed E-state index contributed by atoms with van der Waals surface area (Å²) in [7, 11) is -1.95. The first-order valence-electron chi connectivity index (χ1n) is 7.69. The van der Waals surface area contributed by atoms with E-state index in [9.17, 15) is 61.5 Å². The molecule has 0 aliphatic heterocycles. The minimum Gasteiger partial charge on any atom is -0.377 e. The van der Waals surface area contributed by atoms with Crippen molar-refractivity contribution >= 4 is 8.80 Å². The molecular formula is C13H16F14O3Si. The summed E-state index contributed by atoms with van der Waals surface area (Å²) in [4.78, 5) is 0. The number of rotatable bonds is 12. The van der Waals surface area contributed by atoms with E-state index in [4.69, 9.17) is 0 Å². The Labute approximate surface area is 167 Å². The van der Waals surface area contributed by atoms with Crippen molar-refractivity contribution in [2.24, 2.45) is 0 Å². The normalized spacial score (nSPS) is 16.1. The van der Waals surface area contributed by atoms with E-state index in [1.165, 1.54) is 0 Å². The Bertz CT molecular complexity index is 607. The maximum atomic E-state index is 13.8. The van der Waals surface area contributed by atoms with Crippen molar-refractivity contribution in [3.63, 3.8) is 0 Å². The summed E-state index contributed by atoms with van der Waals surface area (Å²) in [6, 6.07) is -1.44. The molecule has 0 aliphatic rings. The average Bonchev–Trinajstić information content (AvgIpc) is 2.61. The van der Waals surface area contributed by atoms with Crippen molar-refractivity contribution in [2.75, 3.05) is 21.3 Å². The Morgan fingerprint density at radius 1 is 0.516 bits per heavy atom.